The van der Waals surface area contributed by atoms with Gasteiger partial charge in [-0.05, 0) is 22.9 Å². The average Bonchev–Trinajstić information content (AvgIpc) is 2.94. The summed E-state index contributed by atoms with van der Waals surface area (Å²) in [5.74, 6) is 0.253. The molecular formula is C15H14N2O3. The minimum absolute atomic E-state index is 0.294. The molecule has 1 heterocycles. The zero-order valence-electron chi connectivity index (χ0n) is 10.8. The van der Waals surface area contributed by atoms with Crippen molar-refractivity contribution in [3.8, 4) is 5.75 Å². The maximum absolute atomic E-state index is 11.0. The fourth-order valence-corrected chi connectivity index (χ4v) is 2.09. The van der Waals surface area contributed by atoms with Crippen molar-refractivity contribution in [1.29, 1.82) is 0 Å². The first-order valence-corrected chi connectivity index (χ1v) is 6.35. The highest BCUT2D eigenvalue weighted by Crippen LogP contribution is 2.21. The number of rotatable bonds is 4. The zero-order chi connectivity index (χ0) is 13.9. The molecule has 0 saturated heterocycles. The topological polar surface area (TPSA) is 73.9 Å². The number of benzene rings is 2. The van der Waals surface area contributed by atoms with Crippen LogP contribution in [0, 0.1) is 0 Å². The largest absolute Gasteiger partial charge is 0.487 e. The number of carbonyl (C=O) groups is 1. The second-order valence-electron chi connectivity index (χ2n) is 4.66. The SMILES string of the molecule is NC(=O)C1CC(COc2ccc3ccccc3c2)=NO1. The number of primary amides is 1. The van der Waals surface area contributed by atoms with Gasteiger partial charge in [0, 0.05) is 6.42 Å². The molecule has 102 valence electrons. The molecule has 0 spiro atoms. The van der Waals surface area contributed by atoms with Crippen LogP contribution in [-0.2, 0) is 9.63 Å². The molecular weight excluding hydrogens is 256 g/mol. The number of fused-ring (bicyclic) bond motifs is 1. The maximum atomic E-state index is 11.0. The van der Waals surface area contributed by atoms with Crippen LogP contribution in [0.4, 0.5) is 0 Å². The van der Waals surface area contributed by atoms with E-state index in [2.05, 4.69) is 5.16 Å². The molecule has 3 rings (SSSR count). The van der Waals surface area contributed by atoms with E-state index in [9.17, 15) is 4.79 Å². The first-order valence-electron chi connectivity index (χ1n) is 6.35. The summed E-state index contributed by atoms with van der Waals surface area (Å²) in [5.41, 5.74) is 5.83. The lowest BCUT2D eigenvalue weighted by molar-refractivity contribution is -0.127. The molecule has 0 radical (unpaired) electrons. The van der Waals surface area contributed by atoms with E-state index in [1.54, 1.807) is 0 Å². The first-order chi connectivity index (χ1) is 9.72. The number of nitrogens with two attached hydrogens (primary N) is 1. The summed E-state index contributed by atoms with van der Waals surface area (Å²) < 4.78 is 5.66. The lowest BCUT2D eigenvalue weighted by Crippen LogP contribution is -2.29. The summed E-state index contributed by atoms with van der Waals surface area (Å²) in [6.45, 7) is 0.294. The number of hydrogen-bond donors (Lipinski definition) is 1. The first kappa shape index (κ1) is 12.5. The molecule has 5 heteroatoms. The Morgan fingerprint density at radius 3 is 2.85 bits per heavy atom. The van der Waals surface area contributed by atoms with Crippen molar-refractivity contribution in [3.63, 3.8) is 0 Å². The fourth-order valence-electron chi connectivity index (χ4n) is 2.09. The molecule has 2 N–H and O–H groups in total. The third-order valence-electron chi connectivity index (χ3n) is 3.17. The molecule has 0 fully saturated rings. The van der Waals surface area contributed by atoms with Gasteiger partial charge in [-0.2, -0.15) is 0 Å². The quantitative estimate of drug-likeness (QED) is 0.921. The molecule has 0 saturated carbocycles. The Morgan fingerprint density at radius 2 is 2.10 bits per heavy atom. The number of carbonyl (C=O) groups excluding carboxylic acids is 1. The van der Waals surface area contributed by atoms with Crippen LogP contribution in [0.3, 0.4) is 0 Å². The number of hydrogen-bond acceptors (Lipinski definition) is 4. The predicted octanol–water partition coefficient (Wildman–Crippen LogP) is 1.85. The summed E-state index contributed by atoms with van der Waals surface area (Å²) in [5, 5.41) is 6.08. The van der Waals surface area contributed by atoms with Crippen LogP contribution in [0.5, 0.6) is 5.75 Å². The highest BCUT2D eigenvalue weighted by atomic mass is 16.6. The van der Waals surface area contributed by atoms with Gasteiger partial charge in [-0.1, -0.05) is 35.5 Å². The number of oxime groups is 1. The summed E-state index contributed by atoms with van der Waals surface area (Å²) in [7, 11) is 0. The van der Waals surface area contributed by atoms with Gasteiger partial charge in [0.05, 0.1) is 5.71 Å². The van der Waals surface area contributed by atoms with Crippen molar-refractivity contribution in [2.45, 2.75) is 12.5 Å². The number of amides is 1. The normalized spacial score (nSPS) is 17.6. The Balaban J connectivity index is 1.64. The number of nitrogens with zero attached hydrogens (tertiary/aromatic N) is 1. The van der Waals surface area contributed by atoms with E-state index < -0.39 is 12.0 Å². The monoisotopic (exact) mass is 270 g/mol. The second kappa shape index (κ2) is 5.21. The molecule has 0 bridgehead atoms. The lowest BCUT2D eigenvalue weighted by Gasteiger charge is -2.06. The van der Waals surface area contributed by atoms with Crippen LogP contribution in [0.1, 0.15) is 6.42 Å². The minimum Gasteiger partial charge on any atom is -0.487 e. The lowest BCUT2D eigenvalue weighted by atomic mass is 10.1. The Labute approximate surface area is 116 Å². The molecule has 0 aliphatic carbocycles. The van der Waals surface area contributed by atoms with Crippen molar-refractivity contribution >= 4 is 22.4 Å². The Morgan fingerprint density at radius 1 is 1.30 bits per heavy atom. The van der Waals surface area contributed by atoms with Crippen molar-refractivity contribution in [3.05, 3.63) is 42.5 Å². The summed E-state index contributed by atoms with van der Waals surface area (Å²) in [4.78, 5) is 15.9. The molecule has 1 aliphatic heterocycles. The number of ether oxygens (including phenoxy) is 1. The van der Waals surface area contributed by atoms with Crippen molar-refractivity contribution in [2.24, 2.45) is 10.9 Å². The van der Waals surface area contributed by atoms with Crippen LogP contribution < -0.4 is 10.5 Å². The molecule has 1 atom stereocenters. The van der Waals surface area contributed by atoms with Crippen LogP contribution in [0.25, 0.3) is 10.8 Å². The third kappa shape index (κ3) is 2.56. The van der Waals surface area contributed by atoms with E-state index >= 15 is 0 Å². The standard InChI is InChI=1S/C15H14N2O3/c16-15(18)14-8-12(17-20-14)9-19-13-6-5-10-3-1-2-4-11(10)7-13/h1-7,14H,8-9H2,(H2,16,18). The smallest absolute Gasteiger partial charge is 0.261 e. The highest BCUT2D eigenvalue weighted by Gasteiger charge is 2.26. The van der Waals surface area contributed by atoms with Gasteiger partial charge in [-0.25, -0.2) is 0 Å². The maximum Gasteiger partial charge on any atom is 0.261 e. The van der Waals surface area contributed by atoms with Crippen molar-refractivity contribution in [2.75, 3.05) is 6.61 Å². The molecule has 2 aromatic rings. The molecule has 20 heavy (non-hydrogen) atoms. The van der Waals surface area contributed by atoms with Crippen LogP contribution in [-0.4, -0.2) is 24.3 Å². The van der Waals surface area contributed by atoms with E-state index in [1.165, 1.54) is 0 Å². The van der Waals surface area contributed by atoms with Gasteiger partial charge in [0.1, 0.15) is 12.4 Å². The minimum atomic E-state index is -0.662. The summed E-state index contributed by atoms with van der Waals surface area (Å²) in [6.07, 6.45) is -0.270. The molecule has 1 aliphatic rings. The van der Waals surface area contributed by atoms with Gasteiger partial charge in [0.2, 0.25) is 6.10 Å². The Kier molecular flexibility index (Phi) is 3.25. The molecule has 1 unspecified atom stereocenters. The Bertz CT molecular complexity index is 682. The second-order valence-corrected chi connectivity index (χ2v) is 4.66. The van der Waals surface area contributed by atoms with Gasteiger partial charge < -0.3 is 15.3 Å². The molecule has 2 aromatic carbocycles. The third-order valence-corrected chi connectivity index (χ3v) is 3.17. The van der Waals surface area contributed by atoms with Gasteiger partial charge in [-0.3, -0.25) is 4.79 Å². The zero-order valence-corrected chi connectivity index (χ0v) is 10.8. The average molecular weight is 270 g/mol. The van der Waals surface area contributed by atoms with Crippen LogP contribution >= 0.6 is 0 Å². The van der Waals surface area contributed by atoms with Gasteiger partial charge in [-0.15, -0.1) is 0 Å². The molecule has 0 aromatic heterocycles. The van der Waals surface area contributed by atoms with Crippen molar-refractivity contribution < 1.29 is 14.4 Å². The van der Waals surface area contributed by atoms with E-state index in [1.807, 2.05) is 42.5 Å². The van der Waals surface area contributed by atoms with E-state index in [4.69, 9.17) is 15.3 Å². The van der Waals surface area contributed by atoms with E-state index in [0.29, 0.717) is 18.7 Å². The van der Waals surface area contributed by atoms with Crippen molar-refractivity contribution in [1.82, 2.24) is 0 Å². The summed E-state index contributed by atoms with van der Waals surface area (Å²) in [6, 6.07) is 13.9. The molecule has 5 nitrogen and oxygen atoms in total. The van der Waals surface area contributed by atoms with Crippen LogP contribution in [0.15, 0.2) is 47.6 Å². The molecule has 1 amide bonds. The predicted molar refractivity (Wildman–Crippen MR) is 75.6 cm³/mol. The van der Waals surface area contributed by atoms with Crippen LogP contribution in [0.2, 0.25) is 0 Å². The van der Waals surface area contributed by atoms with E-state index in [-0.39, 0.29) is 0 Å². The van der Waals surface area contributed by atoms with Gasteiger partial charge >= 0.3 is 0 Å². The Hall–Kier alpha value is -2.56. The van der Waals surface area contributed by atoms with E-state index in [0.717, 1.165) is 16.5 Å². The summed E-state index contributed by atoms with van der Waals surface area (Å²) >= 11 is 0. The fraction of sp³-hybridized carbons (Fsp3) is 0.200. The van der Waals surface area contributed by atoms with Gasteiger partial charge in [0.15, 0.2) is 0 Å². The highest BCUT2D eigenvalue weighted by molar-refractivity contribution is 5.93. The van der Waals surface area contributed by atoms with Gasteiger partial charge in [0.25, 0.3) is 5.91 Å².